The van der Waals surface area contributed by atoms with Gasteiger partial charge in [-0.3, -0.25) is 9.69 Å². The lowest BCUT2D eigenvalue weighted by molar-refractivity contribution is -0.121. The van der Waals surface area contributed by atoms with E-state index in [4.69, 9.17) is 9.47 Å². The van der Waals surface area contributed by atoms with Crippen molar-refractivity contribution in [2.45, 2.75) is 63.3 Å². The van der Waals surface area contributed by atoms with Gasteiger partial charge in [-0.05, 0) is 57.2 Å². The minimum Gasteiger partial charge on any atom is -0.486 e. The number of hydrogen-bond acceptors (Lipinski definition) is 6. The molecule has 2 unspecified atom stereocenters. The molecule has 0 spiro atoms. The molecule has 0 aromatic heterocycles. The Morgan fingerprint density at radius 1 is 1.19 bits per heavy atom. The number of ether oxygens (including phenoxy) is 2. The summed E-state index contributed by atoms with van der Waals surface area (Å²) in [7, 11) is -3.60. The van der Waals surface area contributed by atoms with E-state index in [1.807, 2.05) is 0 Å². The predicted molar refractivity (Wildman–Crippen MR) is 124 cm³/mol. The Bertz CT molecular complexity index is 861. The Kier molecular flexibility index (Phi) is 9.19. The zero-order valence-electron chi connectivity index (χ0n) is 19.3. The van der Waals surface area contributed by atoms with Crippen LogP contribution in [0.3, 0.4) is 0 Å². The molecule has 2 atom stereocenters. The Morgan fingerprint density at radius 2 is 1.97 bits per heavy atom. The van der Waals surface area contributed by atoms with Gasteiger partial charge < -0.3 is 14.8 Å². The third kappa shape index (κ3) is 7.35. The van der Waals surface area contributed by atoms with Gasteiger partial charge in [0.25, 0.3) is 0 Å². The standard InChI is InChI=1S/C23H37N3O5S/c1-18-7-6-12-26(17-18)19(2)16-24-23(27)8-4-3-5-11-25-32(28,29)20-9-10-21-22(15-20)31-14-13-30-21/h9-10,15,18-19,25H,3-8,11-14,16-17H2,1-2H3,(H,24,27). The number of carbonyl (C=O) groups excluding carboxylic acids is 1. The molecule has 2 heterocycles. The average Bonchev–Trinajstić information content (AvgIpc) is 2.79. The number of nitrogens with zero attached hydrogens (tertiary/aromatic N) is 1. The number of piperidine rings is 1. The highest BCUT2D eigenvalue weighted by atomic mass is 32.2. The number of likely N-dealkylation sites (tertiary alicyclic amines) is 1. The Hall–Kier alpha value is -1.84. The van der Waals surface area contributed by atoms with E-state index in [1.54, 1.807) is 6.07 Å². The highest BCUT2D eigenvalue weighted by Crippen LogP contribution is 2.32. The SMILES string of the molecule is CC1CCCN(C(C)CNC(=O)CCCCCNS(=O)(=O)c2ccc3c(c2)OCCO3)C1. The van der Waals surface area contributed by atoms with Crippen molar-refractivity contribution in [2.75, 3.05) is 39.4 Å². The van der Waals surface area contributed by atoms with Gasteiger partial charge in [0, 0.05) is 38.2 Å². The molecule has 1 aromatic carbocycles. The summed E-state index contributed by atoms with van der Waals surface area (Å²) >= 11 is 0. The van der Waals surface area contributed by atoms with Crippen LogP contribution >= 0.6 is 0 Å². The van der Waals surface area contributed by atoms with Crippen LogP contribution in [0.2, 0.25) is 0 Å². The van der Waals surface area contributed by atoms with Crippen LogP contribution < -0.4 is 19.5 Å². The fourth-order valence-corrected chi connectivity index (χ4v) is 5.26. The van der Waals surface area contributed by atoms with Crippen LogP contribution in [0.25, 0.3) is 0 Å². The van der Waals surface area contributed by atoms with E-state index in [1.165, 1.54) is 25.0 Å². The van der Waals surface area contributed by atoms with Crippen molar-refractivity contribution < 1.29 is 22.7 Å². The zero-order chi connectivity index (χ0) is 23.0. The molecular weight excluding hydrogens is 430 g/mol. The molecule has 2 aliphatic rings. The maximum absolute atomic E-state index is 12.5. The summed E-state index contributed by atoms with van der Waals surface area (Å²) < 4.78 is 38.5. The Labute approximate surface area is 192 Å². The van der Waals surface area contributed by atoms with Gasteiger partial charge >= 0.3 is 0 Å². The Balaban J connectivity index is 1.28. The number of sulfonamides is 1. The molecule has 3 rings (SSSR count). The molecule has 0 aliphatic carbocycles. The summed E-state index contributed by atoms with van der Waals surface area (Å²) in [5.74, 6) is 1.82. The largest absolute Gasteiger partial charge is 0.486 e. The lowest BCUT2D eigenvalue weighted by atomic mass is 9.99. The van der Waals surface area contributed by atoms with Crippen molar-refractivity contribution in [3.05, 3.63) is 18.2 Å². The summed E-state index contributed by atoms with van der Waals surface area (Å²) in [6.45, 7) is 8.58. The normalized spacial score (nSPS) is 20.0. The Morgan fingerprint density at radius 3 is 2.75 bits per heavy atom. The number of hydrogen-bond donors (Lipinski definition) is 2. The molecule has 2 N–H and O–H groups in total. The van der Waals surface area contributed by atoms with Crippen LogP contribution in [0.4, 0.5) is 0 Å². The molecule has 0 bridgehead atoms. The molecule has 0 radical (unpaired) electrons. The molecule has 2 aliphatic heterocycles. The van der Waals surface area contributed by atoms with Gasteiger partial charge in [0.05, 0.1) is 4.90 Å². The fraction of sp³-hybridized carbons (Fsp3) is 0.696. The molecule has 9 heteroatoms. The summed E-state index contributed by atoms with van der Waals surface area (Å²) in [5.41, 5.74) is 0. The third-order valence-corrected chi connectivity index (χ3v) is 7.56. The highest BCUT2D eigenvalue weighted by Gasteiger charge is 2.21. The van der Waals surface area contributed by atoms with Crippen LogP contribution in [0.15, 0.2) is 23.1 Å². The van der Waals surface area contributed by atoms with Crippen LogP contribution in [0.5, 0.6) is 11.5 Å². The van der Waals surface area contributed by atoms with Gasteiger partial charge in [-0.2, -0.15) is 0 Å². The quantitative estimate of drug-likeness (QED) is 0.486. The number of fused-ring (bicyclic) bond motifs is 1. The predicted octanol–water partition coefficient (Wildman–Crippen LogP) is 2.53. The number of nitrogens with one attached hydrogen (secondary N) is 2. The lowest BCUT2D eigenvalue weighted by Crippen LogP contribution is -2.46. The van der Waals surface area contributed by atoms with Crippen LogP contribution in [0, 0.1) is 5.92 Å². The first kappa shape index (κ1) is 24.8. The van der Waals surface area contributed by atoms with E-state index >= 15 is 0 Å². The van der Waals surface area contributed by atoms with Crippen molar-refractivity contribution in [3.8, 4) is 11.5 Å². The third-order valence-electron chi connectivity index (χ3n) is 6.10. The van der Waals surface area contributed by atoms with E-state index in [2.05, 4.69) is 28.8 Å². The highest BCUT2D eigenvalue weighted by molar-refractivity contribution is 7.89. The average molecular weight is 468 g/mol. The molecule has 180 valence electrons. The molecule has 1 saturated heterocycles. The van der Waals surface area contributed by atoms with Gasteiger partial charge in [-0.15, -0.1) is 0 Å². The van der Waals surface area contributed by atoms with E-state index < -0.39 is 10.0 Å². The topological polar surface area (TPSA) is 97.0 Å². The number of rotatable bonds is 11. The molecule has 8 nitrogen and oxygen atoms in total. The van der Waals surface area contributed by atoms with Gasteiger partial charge in [-0.1, -0.05) is 13.3 Å². The van der Waals surface area contributed by atoms with E-state index in [9.17, 15) is 13.2 Å². The van der Waals surface area contributed by atoms with E-state index in [0.29, 0.717) is 56.7 Å². The van der Waals surface area contributed by atoms with Gasteiger partial charge in [0.1, 0.15) is 13.2 Å². The van der Waals surface area contributed by atoms with Crippen molar-refractivity contribution in [1.82, 2.24) is 14.9 Å². The smallest absolute Gasteiger partial charge is 0.240 e. The van der Waals surface area contributed by atoms with Crippen LogP contribution in [-0.2, 0) is 14.8 Å². The fourth-order valence-electron chi connectivity index (χ4n) is 4.17. The summed E-state index contributed by atoms with van der Waals surface area (Å²) in [5, 5.41) is 3.04. The van der Waals surface area contributed by atoms with Crippen molar-refractivity contribution in [2.24, 2.45) is 5.92 Å². The summed E-state index contributed by atoms with van der Waals surface area (Å²) in [6.07, 6.45) is 5.21. The van der Waals surface area contributed by atoms with E-state index in [-0.39, 0.29) is 10.8 Å². The summed E-state index contributed by atoms with van der Waals surface area (Å²) in [4.78, 5) is 14.8. The first-order valence-corrected chi connectivity index (χ1v) is 13.2. The number of amides is 1. The number of benzene rings is 1. The maximum Gasteiger partial charge on any atom is 0.240 e. The van der Waals surface area contributed by atoms with E-state index in [0.717, 1.165) is 31.8 Å². The molecule has 32 heavy (non-hydrogen) atoms. The summed E-state index contributed by atoms with van der Waals surface area (Å²) in [6, 6.07) is 4.99. The zero-order valence-corrected chi connectivity index (χ0v) is 20.1. The maximum atomic E-state index is 12.5. The second-order valence-electron chi connectivity index (χ2n) is 8.91. The minimum absolute atomic E-state index is 0.0683. The monoisotopic (exact) mass is 467 g/mol. The molecule has 1 aromatic rings. The van der Waals surface area contributed by atoms with Crippen molar-refractivity contribution in [1.29, 1.82) is 0 Å². The molecular formula is C23H37N3O5S. The number of unbranched alkanes of at least 4 members (excludes halogenated alkanes) is 2. The first-order chi connectivity index (χ1) is 15.3. The van der Waals surface area contributed by atoms with Gasteiger partial charge in [0.15, 0.2) is 11.5 Å². The molecule has 1 amide bonds. The second-order valence-corrected chi connectivity index (χ2v) is 10.7. The molecule has 0 saturated carbocycles. The minimum atomic E-state index is -3.60. The van der Waals surface area contributed by atoms with Gasteiger partial charge in [0.2, 0.25) is 15.9 Å². The molecule has 1 fully saturated rings. The lowest BCUT2D eigenvalue weighted by Gasteiger charge is -2.35. The van der Waals surface area contributed by atoms with Crippen LogP contribution in [0.1, 0.15) is 52.4 Å². The van der Waals surface area contributed by atoms with Crippen molar-refractivity contribution in [3.63, 3.8) is 0 Å². The second kappa shape index (κ2) is 11.9. The number of carbonyl (C=O) groups is 1. The van der Waals surface area contributed by atoms with Crippen LogP contribution in [-0.4, -0.2) is 64.7 Å². The van der Waals surface area contributed by atoms with Gasteiger partial charge in [-0.25, -0.2) is 13.1 Å². The van der Waals surface area contributed by atoms with Crippen molar-refractivity contribution >= 4 is 15.9 Å². The first-order valence-electron chi connectivity index (χ1n) is 11.8.